The molecule has 2 atom stereocenters. The zero-order valence-electron chi connectivity index (χ0n) is 11.5. The lowest BCUT2D eigenvalue weighted by Gasteiger charge is -2.28. The highest BCUT2D eigenvalue weighted by molar-refractivity contribution is 6.30. The quantitative estimate of drug-likeness (QED) is 0.857. The molecule has 1 aromatic carbocycles. The summed E-state index contributed by atoms with van der Waals surface area (Å²) in [5.41, 5.74) is 0.677. The van der Waals surface area contributed by atoms with Crippen molar-refractivity contribution >= 4 is 11.6 Å². The largest absolute Gasteiger partial charge is 0.434 e. The molecule has 0 spiro atoms. The fraction of sp³-hybridized carbons (Fsp3) is 0.600. The number of hydrogen-bond acceptors (Lipinski definition) is 2. The Balaban J connectivity index is 1.98. The first-order chi connectivity index (χ1) is 9.54. The molecule has 0 aromatic heterocycles. The summed E-state index contributed by atoms with van der Waals surface area (Å²) in [5, 5.41) is 3.95. The van der Waals surface area contributed by atoms with Gasteiger partial charge < -0.3 is 10.1 Å². The highest BCUT2D eigenvalue weighted by atomic mass is 35.5. The van der Waals surface area contributed by atoms with E-state index in [1.54, 1.807) is 12.1 Å². The van der Waals surface area contributed by atoms with Gasteiger partial charge in [0.25, 0.3) is 0 Å². The van der Waals surface area contributed by atoms with Gasteiger partial charge in [-0.05, 0) is 37.0 Å². The second-order valence-electron chi connectivity index (χ2n) is 5.48. The van der Waals surface area contributed by atoms with Gasteiger partial charge in [-0.15, -0.1) is 0 Å². The van der Waals surface area contributed by atoms with Crippen molar-refractivity contribution in [2.24, 2.45) is 5.92 Å². The molecular weight excluding hydrogens is 284 g/mol. The van der Waals surface area contributed by atoms with Gasteiger partial charge in [0.05, 0.1) is 0 Å². The van der Waals surface area contributed by atoms with Crippen molar-refractivity contribution in [3.05, 3.63) is 28.8 Å². The zero-order valence-corrected chi connectivity index (χ0v) is 12.3. The van der Waals surface area contributed by atoms with Gasteiger partial charge >= 0.3 is 6.61 Å². The fourth-order valence-electron chi connectivity index (χ4n) is 2.77. The molecular formula is C15H20ClF2NO. The average molecular weight is 304 g/mol. The van der Waals surface area contributed by atoms with Gasteiger partial charge in [0.1, 0.15) is 5.75 Å². The predicted octanol–water partition coefficient (Wildman–Crippen LogP) is 4.61. The Labute approximate surface area is 123 Å². The summed E-state index contributed by atoms with van der Waals surface area (Å²) < 4.78 is 29.3. The van der Waals surface area contributed by atoms with Crippen LogP contribution in [-0.4, -0.2) is 12.7 Å². The topological polar surface area (TPSA) is 21.3 Å². The Morgan fingerprint density at radius 3 is 2.90 bits per heavy atom. The molecule has 0 bridgehead atoms. The summed E-state index contributed by atoms with van der Waals surface area (Å²) in [4.78, 5) is 0. The van der Waals surface area contributed by atoms with Crippen molar-refractivity contribution in [1.29, 1.82) is 0 Å². The van der Waals surface area contributed by atoms with Gasteiger partial charge in [0, 0.05) is 23.2 Å². The van der Waals surface area contributed by atoms with Crippen LogP contribution in [0.15, 0.2) is 18.2 Å². The van der Waals surface area contributed by atoms with E-state index >= 15 is 0 Å². The molecule has 112 valence electrons. The van der Waals surface area contributed by atoms with Crippen molar-refractivity contribution in [3.8, 4) is 5.75 Å². The number of hydrogen-bond donors (Lipinski definition) is 1. The maximum Gasteiger partial charge on any atom is 0.387 e. The molecule has 5 heteroatoms. The number of alkyl halides is 2. The van der Waals surface area contributed by atoms with Gasteiger partial charge in [-0.25, -0.2) is 0 Å². The van der Waals surface area contributed by atoms with Crippen molar-refractivity contribution in [2.45, 2.75) is 51.8 Å². The van der Waals surface area contributed by atoms with Gasteiger partial charge in [0.2, 0.25) is 0 Å². The van der Waals surface area contributed by atoms with Gasteiger partial charge in [-0.3, -0.25) is 0 Å². The van der Waals surface area contributed by atoms with Crippen molar-refractivity contribution in [1.82, 2.24) is 5.32 Å². The van der Waals surface area contributed by atoms with Crippen LogP contribution in [0.4, 0.5) is 8.78 Å². The summed E-state index contributed by atoms with van der Waals surface area (Å²) in [6, 6.07) is 5.18. The minimum absolute atomic E-state index is 0.195. The summed E-state index contributed by atoms with van der Waals surface area (Å²) in [7, 11) is 0. The van der Waals surface area contributed by atoms with Crippen molar-refractivity contribution in [3.63, 3.8) is 0 Å². The van der Waals surface area contributed by atoms with E-state index in [-0.39, 0.29) is 5.75 Å². The lowest BCUT2D eigenvalue weighted by molar-refractivity contribution is -0.0505. The van der Waals surface area contributed by atoms with Gasteiger partial charge in [0.15, 0.2) is 0 Å². The molecule has 0 saturated heterocycles. The molecule has 0 amide bonds. The normalized spacial score (nSPS) is 23.1. The maximum absolute atomic E-state index is 12.4. The minimum Gasteiger partial charge on any atom is -0.434 e. The first kappa shape index (κ1) is 15.5. The highest BCUT2D eigenvalue weighted by Crippen LogP contribution is 2.27. The van der Waals surface area contributed by atoms with Crippen LogP contribution in [0.25, 0.3) is 0 Å². The van der Waals surface area contributed by atoms with Crippen LogP contribution < -0.4 is 10.1 Å². The predicted molar refractivity (Wildman–Crippen MR) is 76.3 cm³/mol. The Kier molecular flexibility index (Phi) is 5.61. The molecule has 1 N–H and O–H groups in total. The highest BCUT2D eigenvalue weighted by Gasteiger charge is 2.19. The van der Waals surface area contributed by atoms with Crippen LogP contribution in [0.1, 0.15) is 38.2 Å². The number of rotatable bonds is 5. The van der Waals surface area contributed by atoms with E-state index < -0.39 is 6.61 Å². The Bertz CT molecular complexity index is 442. The van der Waals surface area contributed by atoms with Crippen LogP contribution in [0.3, 0.4) is 0 Å². The van der Waals surface area contributed by atoms with E-state index in [1.165, 1.54) is 18.9 Å². The lowest BCUT2D eigenvalue weighted by Crippen LogP contribution is -2.33. The van der Waals surface area contributed by atoms with Crippen LogP contribution >= 0.6 is 11.6 Å². The molecule has 2 rings (SSSR count). The summed E-state index contributed by atoms with van der Waals surface area (Å²) >= 11 is 5.93. The fourth-order valence-corrected chi connectivity index (χ4v) is 2.97. The minimum atomic E-state index is -2.82. The van der Waals surface area contributed by atoms with Crippen molar-refractivity contribution < 1.29 is 13.5 Å². The van der Waals surface area contributed by atoms with E-state index in [2.05, 4.69) is 17.0 Å². The molecule has 20 heavy (non-hydrogen) atoms. The molecule has 1 aromatic rings. The molecule has 2 unspecified atom stereocenters. The SMILES string of the molecule is CC1CCCC(NCc2cc(Cl)ccc2OC(F)F)C1. The van der Waals surface area contributed by atoms with Crippen LogP contribution in [0.2, 0.25) is 5.02 Å². The zero-order chi connectivity index (χ0) is 14.5. The third-order valence-electron chi connectivity index (χ3n) is 3.76. The van der Waals surface area contributed by atoms with E-state index in [4.69, 9.17) is 11.6 Å². The first-order valence-corrected chi connectivity index (χ1v) is 7.39. The second-order valence-corrected chi connectivity index (χ2v) is 5.92. The monoisotopic (exact) mass is 303 g/mol. The van der Waals surface area contributed by atoms with E-state index in [9.17, 15) is 8.78 Å². The van der Waals surface area contributed by atoms with Crippen molar-refractivity contribution in [2.75, 3.05) is 0 Å². The summed E-state index contributed by atoms with van der Waals surface area (Å²) in [5.74, 6) is 0.915. The van der Waals surface area contributed by atoms with Crippen LogP contribution in [0.5, 0.6) is 5.75 Å². The standard InChI is InChI=1S/C15H20ClF2NO/c1-10-3-2-4-13(7-10)19-9-11-8-12(16)5-6-14(11)20-15(17)18/h5-6,8,10,13,15,19H,2-4,7,9H2,1H3. The summed E-state index contributed by atoms with van der Waals surface area (Å²) in [6.45, 7) is -0.0666. The maximum atomic E-state index is 12.4. The number of halogens is 3. The molecule has 1 aliphatic rings. The Morgan fingerprint density at radius 1 is 1.40 bits per heavy atom. The molecule has 1 aliphatic carbocycles. The average Bonchev–Trinajstić information content (AvgIpc) is 2.39. The molecule has 0 radical (unpaired) electrons. The summed E-state index contributed by atoms with van der Waals surface area (Å²) in [6.07, 6.45) is 4.76. The third-order valence-corrected chi connectivity index (χ3v) is 3.99. The molecule has 0 heterocycles. The lowest BCUT2D eigenvalue weighted by atomic mass is 9.87. The van der Waals surface area contributed by atoms with Gasteiger partial charge in [-0.1, -0.05) is 31.4 Å². The first-order valence-electron chi connectivity index (χ1n) is 7.01. The van der Waals surface area contributed by atoms with E-state index in [1.807, 2.05) is 0 Å². The number of nitrogens with one attached hydrogen (secondary N) is 1. The van der Waals surface area contributed by atoms with Gasteiger partial charge in [-0.2, -0.15) is 8.78 Å². The number of ether oxygens (including phenoxy) is 1. The third kappa shape index (κ3) is 4.60. The van der Waals surface area contributed by atoms with E-state index in [0.29, 0.717) is 23.2 Å². The molecule has 1 saturated carbocycles. The Hall–Kier alpha value is -0.870. The Morgan fingerprint density at radius 2 is 2.20 bits per heavy atom. The molecule has 2 nitrogen and oxygen atoms in total. The smallest absolute Gasteiger partial charge is 0.387 e. The van der Waals surface area contributed by atoms with Crippen LogP contribution in [0, 0.1) is 5.92 Å². The number of benzene rings is 1. The van der Waals surface area contributed by atoms with Crippen LogP contribution in [-0.2, 0) is 6.54 Å². The second kappa shape index (κ2) is 7.23. The molecule has 1 fully saturated rings. The van der Waals surface area contributed by atoms with E-state index in [0.717, 1.165) is 18.8 Å². The molecule has 0 aliphatic heterocycles.